The van der Waals surface area contributed by atoms with Crippen LogP contribution in [0.25, 0.3) is 0 Å². The fourth-order valence-corrected chi connectivity index (χ4v) is 3.66. The highest BCUT2D eigenvalue weighted by Crippen LogP contribution is 2.31. The zero-order valence-electron chi connectivity index (χ0n) is 11.7. The summed E-state index contributed by atoms with van der Waals surface area (Å²) >= 11 is 6.84. The van der Waals surface area contributed by atoms with Crippen LogP contribution < -0.4 is 10.2 Å². The standard InChI is InChI=1S/C14H17Br2N3O2/c1-21-14-10(6-11(15)7-12(14)16)8-17-18-13(20)9-19-4-2-3-5-19/h6-8H,2-5,9H2,1H3,(H,18,20)/b17-8+. The van der Waals surface area contributed by atoms with E-state index in [-0.39, 0.29) is 5.91 Å². The lowest BCUT2D eigenvalue weighted by Gasteiger charge is -2.12. The maximum absolute atomic E-state index is 11.8. The summed E-state index contributed by atoms with van der Waals surface area (Å²) in [5.74, 6) is 0.580. The number of rotatable bonds is 5. The lowest BCUT2D eigenvalue weighted by molar-refractivity contribution is -0.121. The van der Waals surface area contributed by atoms with Crippen LogP contribution in [-0.4, -0.2) is 43.8 Å². The van der Waals surface area contributed by atoms with Gasteiger partial charge in [-0.05, 0) is 54.0 Å². The Labute approximate surface area is 141 Å². The lowest BCUT2D eigenvalue weighted by atomic mass is 10.2. The SMILES string of the molecule is COc1c(Br)cc(Br)cc1/C=N/NC(=O)CN1CCCC1. The Balaban J connectivity index is 1.96. The van der Waals surface area contributed by atoms with Crippen LogP contribution in [-0.2, 0) is 4.79 Å². The molecule has 0 bridgehead atoms. The Morgan fingerprint density at radius 1 is 1.43 bits per heavy atom. The average molecular weight is 419 g/mol. The Kier molecular flexibility index (Phi) is 6.20. The van der Waals surface area contributed by atoms with E-state index in [1.807, 2.05) is 12.1 Å². The minimum Gasteiger partial charge on any atom is -0.495 e. The predicted octanol–water partition coefficient (Wildman–Crippen LogP) is 2.77. The molecule has 0 unspecified atom stereocenters. The first-order chi connectivity index (χ1) is 10.1. The summed E-state index contributed by atoms with van der Waals surface area (Å²) in [5, 5.41) is 4.00. The van der Waals surface area contributed by atoms with Gasteiger partial charge >= 0.3 is 0 Å². The highest BCUT2D eigenvalue weighted by molar-refractivity contribution is 9.11. The third-order valence-electron chi connectivity index (χ3n) is 3.20. The Hall–Kier alpha value is -0.920. The van der Waals surface area contributed by atoms with Crippen LogP contribution in [0, 0.1) is 0 Å². The number of hydrazone groups is 1. The molecule has 114 valence electrons. The summed E-state index contributed by atoms with van der Waals surface area (Å²) in [7, 11) is 1.59. The molecule has 21 heavy (non-hydrogen) atoms. The molecular formula is C14H17Br2N3O2. The number of benzene rings is 1. The van der Waals surface area contributed by atoms with Crippen molar-refractivity contribution < 1.29 is 9.53 Å². The van der Waals surface area contributed by atoms with Gasteiger partial charge in [0.2, 0.25) is 0 Å². The van der Waals surface area contributed by atoms with E-state index < -0.39 is 0 Å². The number of amides is 1. The molecule has 1 N–H and O–H groups in total. The minimum absolute atomic E-state index is 0.0961. The van der Waals surface area contributed by atoms with Gasteiger partial charge in [-0.1, -0.05) is 15.9 Å². The van der Waals surface area contributed by atoms with E-state index in [0.29, 0.717) is 12.3 Å². The van der Waals surface area contributed by atoms with E-state index >= 15 is 0 Å². The maximum atomic E-state index is 11.8. The van der Waals surface area contributed by atoms with Gasteiger partial charge in [0.25, 0.3) is 5.91 Å². The summed E-state index contributed by atoms with van der Waals surface area (Å²) in [6, 6.07) is 3.77. The van der Waals surface area contributed by atoms with E-state index in [1.165, 1.54) is 12.8 Å². The quantitative estimate of drug-likeness (QED) is 0.590. The fourth-order valence-electron chi connectivity index (χ4n) is 2.24. The molecule has 1 aromatic carbocycles. The van der Waals surface area contributed by atoms with Crippen molar-refractivity contribution in [1.82, 2.24) is 10.3 Å². The van der Waals surface area contributed by atoms with E-state index in [4.69, 9.17) is 4.74 Å². The fraction of sp³-hybridized carbons (Fsp3) is 0.429. The zero-order valence-corrected chi connectivity index (χ0v) is 14.9. The second-order valence-electron chi connectivity index (χ2n) is 4.79. The molecule has 2 rings (SSSR count). The molecule has 7 heteroatoms. The van der Waals surface area contributed by atoms with Gasteiger partial charge in [-0.3, -0.25) is 9.69 Å². The first-order valence-corrected chi connectivity index (χ1v) is 8.26. The van der Waals surface area contributed by atoms with Crippen molar-refractivity contribution in [3.63, 3.8) is 0 Å². The van der Waals surface area contributed by atoms with Crippen LogP contribution in [0.4, 0.5) is 0 Å². The molecule has 5 nitrogen and oxygen atoms in total. The molecule has 1 aliphatic heterocycles. The number of carbonyl (C=O) groups excluding carboxylic acids is 1. The summed E-state index contributed by atoms with van der Waals surface area (Å²) in [6.07, 6.45) is 3.91. The first-order valence-electron chi connectivity index (χ1n) is 6.67. The molecule has 0 radical (unpaired) electrons. The second kappa shape index (κ2) is 7.91. The average Bonchev–Trinajstić information content (AvgIpc) is 2.91. The van der Waals surface area contributed by atoms with E-state index in [2.05, 4.69) is 47.3 Å². The zero-order chi connectivity index (χ0) is 15.2. The van der Waals surface area contributed by atoms with E-state index in [0.717, 1.165) is 27.6 Å². The van der Waals surface area contributed by atoms with Gasteiger partial charge in [-0.25, -0.2) is 5.43 Å². The van der Waals surface area contributed by atoms with Gasteiger partial charge in [-0.15, -0.1) is 0 Å². The van der Waals surface area contributed by atoms with Crippen LogP contribution in [0.15, 0.2) is 26.2 Å². The minimum atomic E-state index is -0.0961. The molecule has 0 spiro atoms. The highest BCUT2D eigenvalue weighted by atomic mass is 79.9. The molecule has 0 aromatic heterocycles. The molecule has 0 atom stereocenters. The topological polar surface area (TPSA) is 53.9 Å². The Morgan fingerprint density at radius 3 is 2.81 bits per heavy atom. The summed E-state index contributed by atoms with van der Waals surface area (Å²) in [6.45, 7) is 2.38. The first kappa shape index (κ1) is 16.5. The van der Waals surface area contributed by atoms with Crippen LogP contribution in [0.5, 0.6) is 5.75 Å². The highest BCUT2D eigenvalue weighted by Gasteiger charge is 2.14. The Morgan fingerprint density at radius 2 is 2.14 bits per heavy atom. The van der Waals surface area contributed by atoms with Gasteiger partial charge < -0.3 is 4.74 Å². The van der Waals surface area contributed by atoms with Crippen LogP contribution in [0.1, 0.15) is 18.4 Å². The maximum Gasteiger partial charge on any atom is 0.254 e. The number of methoxy groups -OCH3 is 1. The number of likely N-dealkylation sites (tertiary alicyclic amines) is 1. The lowest BCUT2D eigenvalue weighted by Crippen LogP contribution is -2.33. The molecule has 1 saturated heterocycles. The van der Waals surface area contributed by atoms with Crippen LogP contribution in [0.3, 0.4) is 0 Å². The molecule has 1 fully saturated rings. The van der Waals surface area contributed by atoms with Crippen molar-refractivity contribution in [2.75, 3.05) is 26.7 Å². The van der Waals surface area contributed by atoms with Crippen molar-refractivity contribution in [3.05, 3.63) is 26.6 Å². The van der Waals surface area contributed by atoms with Gasteiger partial charge in [0.15, 0.2) is 0 Å². The second-order valence-corrected chi connectivity index (χ2v) is 6.56. The van der Waals surface area contributed by atoms with Crippen molar-refractivity contribution in [2.24, 2.45) is 5.10 Å². The number of halogens is 2. The monoisotopic (exact) mass is 417 g/mol. The third-order valence-corrected chi connectivity index (χ3v) is 4.25. The van der Waals surface area contributed by atoms with Crippen molar-refractivity contribution in [2.45, 2.75) is 12.8 Å². The smallest absolute Gasteiger partial charge is 0.254 e. The normalized spacial score (nSPS) is 15.6. The largest absolute Gasteiger partial charge is 0.495 e. The van der Waals surface area contributed by atoms with Crippen molar-refractivity contribution in [3.8, 4) is 5.75 Å². The van der Waals surface area contributed by atoms with Gasteiger partial charge in [0.05, 0.1) is 24.3 Å². The van der Waals surface area contributed by atoms with Crippen molar-refractivity contribution in [1.29, 1.82) is 0 Å². The number of hydrogen-bond acceptors (Lipinski definition) is 4. The molecule has 1 amide bonds. The van der Waals surface area contributed by atoms with Crippen molar-refractivity contribution >= 4 is 44.0 Å². The molecule has 1 heterocycles. The Bertz CT molecular complexity index is 543. The molecule has 1 aromatic rings. The molecular weight excluding hydrogens is 402 g/mol. The van der Waals surface area contributed by atoms with Crippen LogP contribution in [0.2, 0.25) is 0 Å². The van der Waals surface area contributed by atoms with E-state index in [9.17, 15) is 4.79 Å². The summed E-state index contributed by atoms with van der Waals surface area (Å²) < 4.78 is 7.04. The number of carbonyl (C=O) groups is 1. The number of hydrogen-bond donors (Lipinski definition) is 1. The molecule has 0 saturated carbocycles. The number of ether oxygens (including phenoxy) is 1. The van der Waals surface area contributed by atoms with Gasteiger partial charge in [0, 0.05) is 10.0 Å². The van der Waals surface area contributed by atoms with Gasteiger partial charge in [0.1, 0.15) is 5.75 Å². The van der Waals surface area contributed by atoms with Gasteiger partial charge in [-0.2, -0.15) is 5.10 Å². The summed E-state index contributed by atoms with van der Waals surface area (Å²) in [4.78, 5) is 13.9. The number of nitrogens with one attached hydrogen (secondary N) is 1. The van der Waals surface area contributed by atoms with E-state index in [1.54, 1.807) is 13.3 Å². The molecule has 1 aliphatic rings. The third kappa shape index (κ3) is 4.79. The number of nitrogens with zero attached hydrogens (tertiary/aromatic N) is 2. The predicted molar refractivity (Wildman–Crippen MR) is 89.8 cm³/mol. The summed E-state index contributed by atoms with van der Waals surface area (Å²) in [5.41, 5.74) is 3.33. The van der Waals surface area contributed by atoms with Crippen LogP contribution >= 0.6 is 31.9 Å². The molecule has 0 aliphatic carbocycles.